The van der Waals surface area contributed by atoms with Crippen molar-refractivity contribution in [1.29, 1.82) is 0 Å². The Balaban J connectivity index is 1.53. The van der Waals surface area contributed by atoms with E-state index >= 15 is 0 Å². The van der Waals surface area contributed by atoms with Gasteiger partial charge in [-0.1, -0.05) is 73.6 Å². The third-order valence-electron chi connectivity index (χ3n) is 6.49. The normalized spacial score (nSPS) is 18.4. The Kier molecular flexibility index (Phi) is 8.40. The summed E-state index contributed by atoms with van der Waals surface area (Å²) in [6.45, 7) is 3.73. The van der Waals surface area contributed by atoms with Crippen molar-refractivity contribution in [1.82, 2.24) is 15.6 Å². The number of nitrogens with one attached hydrogen (secondary N) is 2. The minimum atomic E-state index is -1.87. The quantitative estimate of drug-likeness (QED) is 0.256. The van der Waals surface area contributed by atoms with Crippen LogP contribution in [0.1, 0.15) is 48.8 Å². The smallest absolute Gasteiger partial charge is 0.426 e. The Morgan fingerprint density at radius 1 is 1.08 bits per heavy atom. The van der Waals surface area contributed by atoms with Gasteiger partial charge in [0.25, 0.3) is 11.8 Å². The second-order valence-electron chi connectivity index (χ2n) is 9.81. The number of aliphatic hydroxyl groups excluding tert-OH is 1. The predicted octanol–water partition coefficient (Wildman–Crippen LogP) is 1.76. The van der Waals surface area contributed by atoms with Crippen molar-refractivity contribution < 1.29 is 29.6 Å². The summed E-state index contributed by atoms with van der Waals surface area (Å²) in [6.07, 6.45) is 0.301. The lowest BCUT2D eigenvalue weighted by atomic mass is 9.74. The van der Waals surface area contributed by atoms with E-state index in [0.717, 1.165) is 5.39 Å². The molecular formula is C27H31BN4O6. The van der Waals surface area contributed by atoms with Gasteiger partial charge in [-0.25, -0.2) is 0 Å². The number of aliphatic hydroxyl groups is 1. The van der Waals surface area contributed by atoms with E-state index in [1.54, 1.807) is 36.5 Å². The first-order valence-corrected chi connectivity index (χ1v) is 12.5. The number of aromatic nitrogens is 1. The summed E-state index contributed by atoms with van der Waals surface area (Å²) in [5, 5.41) is 41.9. The van der Waals surface area contributed by atoms with Crippen LogP contribution in [0.3, 0.4) is 0 Å². The van der Waals surface area contributed by atoms with Crippen LogP contribution >= 0.6 is 0 Å². The first-order valence-electron chi connectivity index (χ1n) is 12.5. The Hall–Kier alpha value is -3.80. The van der Waals surface area contributed by atoms with E-state index in [4.69, 9.17) is 4.84 Å². The summed E-state index contributed by atoms with van der Waals surface area (Å²) in [4.78, 5) is 36.3. The average molecular weight is 518 g/mol. The van der Waals surface area contributed by atoms with Gasteiger partial charge >= 0.3 is 7.12 Å². The van der Waals surface area contributed by atoms with Crippen LogP contribution in [0.25, 0.3) is 10.8 Å². The molecule has 198 valence electrons. The van der Waals surface area contributed by atoms with E-state index < -0.39 is 36.6 Å². The second-order valence-corrected chi connectivity index (χ2v) is 9.81. The van der Waals surface area contributed by atoms with Gasteiger partial charge in [-0.05, 0) is 29.4 Å². The molecule has 3 aromatic rings. The molecule has 38 heavy (non-hydrogen) atoms. The van der Waals surface area contributed by atoms with Crippen LogP contribution < -0.4 is 10.6 Å². The molecule has 10 nitrogen and oxygen atoms in total. The van der Waals surface area contributed by atoms with Crippen molar-refractivity contribution in [2.24, 2.45) is 11.1 Å². The molecule has 3 atom stereocenters. The number of oxime groups is 1. The largest absolute Gasteiger partial charge is 0.475 e. The lowest BCUT2D eigenvalue weighted by Gasteiger charge is -2.32. The van der Waals surface area contributed by atoms with Crippen molar-refractivity contribution in [3.05, 3.63) is 78.1 Å². The molecular weight excluding hydrogens is 487 g/mol. The van der Waals surface area contributed by atoms with E-state index in [9.17, 15) is 24.7 Å². The van der Waals surface area contributed by atoms with Gasteiger partial charge in [0.1, 0.15) is 11.8 Å². The Morgan fingerprint density at radius 3 is 2.50 bits per heavy atom. The molecule has 0 aliphatic carbocycles. The highest BCUT2D eigenvalue weighted by molar-refractivity contribution is 6.43. The van der Waals surface area contributed by atoms with Gasteiger partial charge in [0.2, 0.25) is 5.60 Å². The monoisotopic (exact) mass is 518 g/mol. The first-order chi connectivity index (χ1) is 18.2. The Bertz CT molecular complexity index is 1310. The number of benzene rings is 2. The maximum absolute atomic E-state index is 13.5. The number of pyridine rings is 1. The molecule has 2 heterocycles. The summed E-state index contributed by atoms with van der Waals surface area (Å²) in [5.41, 5.74) is -0.866. The fourth-order valence-electron chi connectivity index (χ4n) is 4.53. The molecule has 0 saturated heterocycles. The molecule has 0 bridgehead atoms. The number of hydrogen-bond donors (Lipinski definition) is 5. The van der Waals surface area contributed by atoms with Crippen LogP contribution in [-0.4, -0.2) is 62.9 Å². The zero-order valence-electron chi connectivity index (χ0n) is 21.2. The number of carbonyl (C=O) groups is 2. The van der Waals surface area contributed by atoms with Gasteiger partial charge in [-0.3, -0.25) is 14.6 Å². The maximum Gasteiger partial charge on any atom is 0.475 e. The average Bonchev–Trinajstić information content (AvgIpc) is 3.36. The molecule has 0 fully saturated rings. The van der Waals surface area contributed by atoms with Crippen LogP contribution in [0.4, 0.5) is 0 Å². The van der Waals surface area contributed by atoms with E-state index in [2.05, 4.69) is 20.8 Å². The van der Waals surface area contributed by atoms with E-state index in [1.165, 1.54) is 0 Å². The molecule has 1 aromatic heterocycles. The summed E-state index contributed by atoms with van der Waals surface area (Å²) >= 11 is 0. The van der Waals surface area contributed by atoms with Crippen molar-refractivity contribution in [2.45, 2.75) is 44.3 Å². The highest BCUT2D eigenvalue weighted by Gasteiger charge is 2.54. The predicted molar refractivity (Wildman–Crippen MR) is 143 cm³/mol. The summed E-state index contributed by atoms with van der Waals surface area (Å²) in [7, 11) is -1.80. The van der Waals surface area contributed by atoms with E-state index in [-0.39, 0.29) is 24.6 Å². The molecule has 0 radical (unpaired) electrons. The van der Waals surface area contributed by atoms with Crippen LogP contribution in [0.15, 0.2) is 72.0 Å². The molecule has 2 aromatic carbocycles. The molecule has 4 rings (SSSR count). The maximum atomic E-state index is 13.5. The number of fused-ring (bicyclic) bond motifs is 1. The molecule has 5 N–H and O–H groups in total. The Labute approximate surface area is 220 Å². The third-order valence-corrected chi connectivity index (χ3v) is 6.49. The minimum Gasteiger partial charge on any atom is -0.426 e. The highest BCUT2D eigenvalue weighted by atomic mass is 16.7. The van der Waals surface area contributed by atoms with Crippen LogP contribution in [-0.2, 0) is 9.63 Å². The fourth-order valence-corrected chi connectivity index (χ4v) is 4.53. The number of hydrogen-bond acceptors (Lipinski definition) is 8. The van der Waals surface area contributed by atoms with Crippen molar-refractivity contribution >= 4 is 35.4 Å². The number of rotatable bonds is 10. The van der Waals surface area contributed by atoms with Crippen LogP contribution in [0.2, 0.25) is 0 Å². The molecule has 0 saturated carbocycles. The van der Waals surface area contributed by atoms with Gasteiger partial charge < -0.3 is 30.6 Å². The van der Waals surface area contributed by atoms with Gasteiger partial charge in [0, 0.05) is 18.0 Å². The lowest BCUT2D eigenvalue weighted by molar-refractivity contribution is -0.161. The van der Waals surface area contributed by atoms with Gasteiger partial charge in [0.05, 0.1) is 18.2 Å². The molecule has 11 heteroatoms. The highest BCUT2D eigenvalue weighted by Crippen LogP contribution is 2.37. The minimum absolute atomic E-state index is 0.0433. The SMILES string of the molecule is CC(C)CC(NC(=O)C1(C(O)c2ccccc2)CC(CNC(=O)c2nccc3ccccc23)=NO1)B(O)O. The third kappa shape index (κ3) is 5.85. The van der Waals surface area contributed by atoms with Crippen molar-refractivity contribution in [3.8, 4) is 0 Å². The number of amides is 2. The molecule has 1 aliphatic rings. The van der Waals surface area contributed by atoms with E-state index in [0.29, 0.717) is 23.1 Å². The first kappa shape index (κ1) is 27.2. The standard InChI is InChI=1S/C27H31BN4O6/c1-17(2)14-22(28(36)37)31-26(35)27(24(33)19-9-4-3-5-10-19)15-20(32-38-27)16-30-25(34)23-21-11-7-6-8-18(21)12-13-29-23/h3-13,17,22,24,33,36-37H,14-16H2,1-2H3,(H,30,34)(H,31,35). The van der Waals surface area contributed by atoms with Crippen LogP contribution in [0, 0.1) is 5.92 Å². The molecule has 1 aliphatic heterocycles. The van der Waals surface area contributed by atoms with Crippen molar-refractivity contribution in [2.75, 3.05) is 6.54 Å². The molecule has 3 unspecified atom stereocenters. The molecule has 2 amide bonds. The van der Waals surface area contributed by atoms with Crippen molar-refractivity contribution in [3.63, 3.8) is 0 Å². The van der Waals surface area contributed by atoms with Gasteiger partial charge in [-0.15, -0.1) is 0 Å². The topological polar surface area (TPSA) is 153 Å². The zero-order chi connectivity index (χ0) is 27.3. The zero-order valence-corrected chi connectivity index (χ0v) is 21.2. The number of nitrogens with zero attached hydrogens (tertiary/aromatic N) is 2. The summed E-state index contributed by atoms with van der Waals surface area (Å²) in [5.74, 6) is -2.08. The Morgan fingerprint density at radius 2 is 1.79 bits per heavy atom. The summed E-state index contributed by atoms with van der Waals surface area (Å²) < 4.78 is 0. The van der Waals surface area contributed by atoms with E-state index in [1.807, 2.05) is 44.2 Å². The van der Waals surface area contributed by atoms with Gasteiger partial charge in [-0.2, -0.15) is 0 Å². The van der Waals surface area contributed by atoms with Gasteiger partial charge in [0.15, 0.2) is 0 Å². The fraction of sp³-hybridized carbons (Fsp3) is 0.333. The second kappa shape index (κ2) is 11.7. The van der Waals surface area contributed by atoms with Crippen LogP contribution in [0.5, 0.6) is 0 Å². The lowest BCUT2D eigenvalue weighted by Crippen LogP contribution is -2.57. The molecule has 0 spiro atoms. The number of carbonyl (C=O) groups excluding carboxylic acids is 2. The summed E-state index contributed by atoms with van der Waals surface area (Å²) in [6, 6.07) is 17.7.